The summed E-state index contributed by atoms with van der Waals surface area (Å²) in [5.41, 5.74) is 7.44. The van der Waals surface area contributed by atoms with Crippen LogP contribution in [-0.4, -0.2) is 12.0 Å². The molecule has 0 fully saturated rings. The first kappa shape index (κ1) is 12.5. The Hall–Kier alpha value is -1.94. The maximum absolute atomic E-state index is 13.8. The molecule has 0 amide bonds. The third-order valence-electron chi connectivity index (χ3n) is 2.75. The average Bonchev–Trinajstić information content (AvgIpc) is 2.38. The molecule has 0 spiro atoms. The number of rotatable bonds is 3. The topological polar surface area (TPSA) is 29.3 Å². The van der Waals surface area contributed by atoms with Crippen LogP contribution in [0.25, 0.3) is 0 Å². The lowest BCUT2D eigenvalue weighted by atomic mass is 10.1. The van der Waals surface area contributed by atoms with Crippen molar-refractivity contribution in [3.8, 4) is 0 Å². The van der Waals surface area contributed by atoms with Crippen LogP contribution in [0.5, 0.6) is 0 Å². The van der Waals surface area contributed by atoms with Gasteiger partial charge in [-0.3, -0.25) is 0 Å². The van der Waals surface area contributed by atoms with Gasteiger partial charge in [-0.1, -0.05) is 30.4 Å². The van der Waals surface area contributed by atoms with E-state index in [1.165, 1.54) is 6.07 Å². The molecule has 0 heterocycles. The van der Waals surface area contributed by atoms with E-state index >= 15 is 0 Å². The van der Waals surface area contributed by atoms with Gasteiger partial charge in [0, 0.05) is 24.0 Å². The maximum atomic E-state index is 13.8. The molecule has 0 aliphatic heterocycles. The van der Waals surface area contributed by atoms with E-state index in [1.807, 2.05) is 42.3 Å². The van der Waals surface area contributed by atoms with Crippen LogP contribution in [0, 0.1) is 5.82 Å². The van der Waals surface area contributed by atoms with Gasteiger partial charge in [-0.25, -0.2) is 4.39 Å². The van der Waals surface area contributed by atoms with Crippen molar-refractivity contribution in [1.29, 1.82) is 0 Å². The molecule has 92 valence electrons. The molecular formula is C14H13FN2S. The second-order valence-electron chi connectivity index (χ2n) is 3.92. The average molecular weight is 260 g/mol. The van der Waals surface area contributed by atoms with Crippen molar-refractivity contribution in [3.63, 3.8) is 0 Å². The molecule has 0 saturated carbocycles. The van der Waals surface area contributed by atoms with Crippen molar-refractivity contribution in [1.82, 2.24) is 0 Å². The summed E-state index contributed by atoms with van der Waals surface area (Å²) >= 11 is 4.78. The van der Waals surface area contributed by atoms with Gasteiger partial charge in [0.2, 0.25) is 0 Å². The Morgan fingerprint density at radius 1 is 1.11 bits per heavy atom. The lowest BCUT2D eigenvalue weighted by molar-refractivity contribution is 0.625. The van der Waals surface area contributed by atoms with E-state index in [4.69, 9.17) is 18.0 Å². The van der Waals surface area contributed by atoms with E-state index in [0.717, 1.165) is 11.4 Å². The lowest BCUT2D eigenvalue weighted by Gasteiger charge is -2.20. The molecule has 2 N–H and O–H groups in total. The quantitative estimate of drug-likeness (QED) is 0.859. The molecule has 0 radical (unpaired) electrons. The zero-order chi connectivity index (χ0) is 13.1. The Kier molecular flexibility index (Phi) is 3.58. The Morgan fingerprint density at radius 3 is 2.33 bits per heavy atom. The Balaban J connectivity index is 2.35. The van der Waals surface area contributed by atoms with Crippen molar-refractivity contribution >= 4 is 28.6 Å². The standard InChI is InChI=1S/C14H13FN2S/c1-17(10-5-3-2-4-6-10)11-7-8-12(14(16)18)13(15)9-11/h2-9H,1H3,(H2,16,18). The van der Waals surface area contributed by atoms with E-state index in [-0.39, 0.29) is 10.6 Å². The van der Waals surface area contributed by atoms with Crippen LogP contribution < -0.4 is 10.6 Å². The normalized spacial score (nSPS) is 10.1. The van der Waals surface area contributed by atoms with Crippen LogP contribution in [0.15, 0.2) is 48.5 Å². The first-order chi connectivity index (χ1) is 8.59. The highest BCUT2D eigenvalue weighted by atomic mass is 32.1. The van der Waals surface area contributed by atoms with Gasteiger partial charge in [-0.15, -0.1) is 0 Å². The first-order valence-electron chi connectivity index (χ1n) is 5.47. The predicted octanol–water partition coefficient (Wildman–Crippen LogP) is 3.23. The largest absolute Gasteiger partial charge is 0.389 e. The SMILES string of the molecule is CN(c1ccccc1)c1ccc(C(N)=S)c(F)c1. The smallest absolute Gasteiger partial charge is 0.135 e. The molecule has 2 aromatic rings. The summed E-state index contributed by atoms with van der Waals surface area (Å²) in [6.07, 6.45) is 0. The van der Waals surface area contributed by atoms with Crippen molar-refractivity contribution in [3.05, 3.63) is 59.9 Å². The van der Waals surface area contributed by atoms with Gasteiger partial charge in [0.15, 0.2) is 0 Å². The number of nitrogens with zero attached hydrogens (tertiary/aromatic N) is 1. The Labute approximate surface area is 111 Å². The summed E-state index contributed by atoms with van der Waals surface area (Å²) in [5, 5.41) is 0. The molecule has 0 aliphatic carbocycles. The molecule has 0 bridgehead atoms. The third-order valence-corrected chi connectivity index (χ3v) is 2.97. The van der Waals surface area contributed by atoms with Crippen LogP contribution >= 0.6 is 12.2 Å². The maximum Gasteiger partial charge on any atom is 0.135 e. The molecule has 0 atom stereocenters. The second kappa shape index (κ2) is 5.14. The van der Waals surface area contributed by atoms with Crippen molar-refractivity contribution < 1.29 is 4.39 Å². The minimum absolute atomic E-state index is 0.0708. The number of nitrogens with two attached hydrogens (primary N) is 1. The zero-order valence-electron chi connectivity index (χ0n) is 9.93. The van der Waals surface area contributed by atoms with Gasteiger partial charge >= 0.3 is 0 Å². The van der Waals surface area contributed by atoms with Gasteiger partial charge in [-0.05, 0) is 30.3 Å². The number of hydrogen-bond acceptors (Lipinski definition) is 2. The van der Waals surface area contributed by atoms with Crippen LogP contribution in [-0.2, 0) is 0 Å². The molecule has 2 nitrogen and oxygen atoms in total. The minimum atomic E-state index is -0.400. The summed E-state index contributed by atoms with van der Waals surface area (Å²) in [7, 11) is 1.88. The molecule has 0 saturated heterocycles. The number of hydrogen-bond donors (Lipinski definition) is 1. The fourth-order valence-corrected chi connectivity index (χ4v) is 1.88. The van der Waals surface area contributed by atoms with Gasteiger partial charge in [-0.2, -0.15) is 0 Å². The highest BCUT2D eigenvalue weighted by Crippen LogP contribution is 2.24. The van der Waals surface area contributed by atoms with Gasteiger partial charge in [0.25, 0.3) is 0 Å². The monoisotopic (exact) mass is 260 g/mol. The van der Waals surface area contributed by atoms with Crippen molar-refractivity contribution in [2.75, 3.05) is 11.9 Å². The van der Waals surface area contributed by atoms with Gasteiger partial charge in [0.05, 0.1) is 0 Å². The van der Waals surface area contributed by atoms with E-state index < -0.39 is 5.82 Å². The Morgan fingerprint density at radius 2 is 1.78 bits per heavy atom. The summed E-state index contributed by atoms with van der Waals surface area (Å²) in [4.78, 5) is 1.97. The number of halogens is 1. The summed E-state index contributed by atoms with van der Waals surface area (Å²) in [5.74, 6) is -0.400. The third kappa shape index (κ3) is 2.49. The lowest BCUT2D eigenvalue weighted by Crippen LogP contribution is -2.14. The first-order valence-corrected chi connectivity index (χ1v) is 5.88. The molecule has 4 heteroatoms. The molecule has 18 heavy (non-hydrogen) atoms. The van der Waals surface area contributed by atoms with E-state index in [9.17, 15) is 4.39 Å². The van der Waals surface area contributed by atoms with Crippen LogP contribution in [0.1, 0.15) is 5.56 Å². The number of benzene rings is 2. The number of thiocarbonyl (C=S) groups is 1. The Bertz CT molecular complexity index is 569. The molecule has 0 aromatic heterocycles. The summed E-state index contributed by atoms with van der Waals surface area (Å²) < 4.78 is 13.8. The zero-order valence-corrected chi connectivity index (χ0v) is 10.7. The molecule has 2 rings (SSSR count). The van der Waals surface area contributed by atoms with Crippen molar-refractivity contribution in [2.45, 2.75) is 0 Å². The van der Waals surface area contributed by atoms with Crippen LogP contribution in [0.4, 0.5) is 15.8 Å². The fourth-order valence-electron chi connectivity index (χ4n) is 1.71. The highest BCUT2D eigenvalue weighted by molar-refractivity contribution is 7.80. The van der Waals surface area contributed by atoms with E-state index in [2.05, 4.69) is 0 Å². The predicted molar refractivity (Wildman–Crippen MR) is 76.8 cm³/mol. The molecule has 0 aliphatic rings. The van der Waals surface area contributed by atoms with E-state index in [0.29, 0.717) is 0 Å². The number of para-hydroxylation sites is 1. The molecule has 2 aromatic carbocycles. The highest BCUT2D eigenvalue weighted by Gasteiger charge is 2.09. The molecule has 0 unspecified atom stereocenters. The van der Waals surface area contributed by atoms with Crippen LogP contribution in [0.3, 0.4) is 0 Å². The van der Waals surface area contributed by atoms with Crippen molar-refractivity contribution in [2.24, 2.45) is 5.73 Å². The van der Waals surface area contributed by atoms with Crippen LogP contribution in [0.2, 0.25) is 0 Å². The summed E-state index contributed by atoms with van der Waals surface area (Å²) in [6.45, 7) is 0. The van der Waals surface area contributed by atoms with Gasteiger partial charge in [0.1, 0.15) is 10.8 Å². The molecular weight excluding hydrogens is 247 g/mol. The summed E-state index contributed by atoms with van der Waals surface area (Å²) in [6, 6.07) is 14.6. The van der Waals surface area contributed by atoms with E-state index in [1.54, 1.807) is 12.1 Å². The van der Waals surface area contributed by atoms with Gasteiger partial charge < -0.3 is 10.6 Å². The fraction of sp³-hybridized carbons (Fsp3) is 0.0714. The minimum Gasteiger partial charge on any atom is -0.389 e. The second-order valence-corrected chi connectivity index (χ2v) is 4.36. The number of anilines is 2.